The molecule has 202 valence electrons. The van der Waals surface area contributed by atoms with E-state index >= 15 is 0 Å². The summed E-state index contributed by atoms with van der Waals surface area (Å²) in [6, 6.07) is 22.2. The normalized spacial score (nSPS) is 11.9. The highest BCUT2D eigenvalue weighted by atomic mass is 16.3. The first-order chi connectivity index (χ1) is 18.6. The number of H-pyrrole nitrogens is 1. The quantitative estimate of drug-likeness (QED) is 0.137. The van der Waals surface area contributed by atoms with Gasteiger partial charge in [0.1, 0.15) is 5.69 Å². The summed E-state index contributed by atoms with van der Waals surface area (Å²) in [4.78, 5) is 22.6. The lowest BCUT2D eigenvalue weighted by atomic mass is 10.1. The number of unbranched alkanes of at least 4 members (excludes halogenated alkanes) is 1. The lowest BCUT2D eigenvalue weighted by Gasteiger charge is -2.27. The van der Waals surface area contributed by atoms with Gasteiger partial charge in [-0.3, -0.25) is 9.88 Å². The molecule has 1 N–H and O–H groups in total. The van der Waals surface area contributed by atoms with Gasteiger partial charge >= 0.3 is 0 Å². The van der Waals surface area contributed by atoms with Crippen LogP contribution in [0.3, 0.4) is 0 Å². The minimum absolute atomic E-state index is 0.479. The van der Waals surface area contributed by atoms with Gasteiger partial charge in [-0.25, -0.2) is 0 Å². The molecule has 0 spiro atoms. The summed E-state index contributed by atoms with van der Waals surface area (Å²) < 4.78 is 0. The van der Waals surface area contributed by atoms with Crippen molar-refractivity contribution < 1.29 is 0 Å². The number of rotatable bonds is 14. The molecule has 0 fully saturated rings. The summed E-state index contributed by atoms with van der Waals surface area (Å²) in [6.07, 6.45) is 12.3. The smallest absolute Gasteiger partial charge is 0.107 e. The van der Waals surface area contributed by atoms with Gasteiger partial charge in [0.25, 0.3) is 0 Å². The van der Waals surface area contributed by atoms with Gasteiger partial charge in [0, 0.05) is 48.6 Å². The van der Waals surface area contributed by atoms with Gasteiger partial charge in [-0.15, -0.1) is 4.91 Å². The highest BCUT2D eigenvalue weighted by Gasteiger charge is 2.13. The van der Waals surface area contributed by atoms with Crippen LogP contribution in [-0.2, 0) is 13.1 Å². The van der Waals surface area contributed by atoms with E-state index in [4.69, 9.17) is 0 Å². The number of hydrogen-bond acceptors (Lipinski definition) is 5. The number of aromatic nitrogens is 2. The Kier molecular flexibility index (Phi) is 12.7. The SMILES string of the molecule is CCCC(CC)N(C)CCCCN(Cc1cccnc1)Cc1c[nH]c2ccccc12.O=Nc1ccccc1. The van der Waals surface area contributed by atoms with Crippen molar-refractivity contribution in [2.24, 2.45) is 5.18 Å². The van der Waals surface area contributed by atoms with Crippen LogP contribution in [-0.4, -0.2) is 45.9 Å². The number of benzene rings is 2. The standard InChI is InChI=1S/C26H38N4.C6H5NO/c1-4-11-24(5-2)29(3)16-8-9-17-30(20-22-12-10-15-27-18-22)21-23-19-28-26-14-7-6-13-25(23)26;8-7-6-4-2-1-3-5-6/h6-7,10,12-15,18-19,24,28H,4-5,8-9,11,16-17,20-21H2,1-3H3;1-5H. The van der Waals surface area contributed by atoms with Gasteiger partial charge in [-0.05, 0) is 86.4 Å². The summed E-state index contributed by atoms with van der Waals surface area (Å²) in [5, 5.41) is 4.05. The van der Waals surface area contributed by atoms with Crippen molar-refractivity contribution in [2.75, 3.05) is 20.1 Å². The topological polar surface area (TPSA) is 64.6 Å². The van der Waals surface area contributed by atoms with E-state index in [1.807, 2.05) is 24.5 Å². The Morgan fingerprint density at radius 1 is 0.921 bits per heavy atom. The first kappa shape index (κ1) is 29.2. The van der Waals surface area contributed by atoms with Crippen LogP contribution in [0.5, 0.6) is 0 Å². The maximum absolute atomic E-state index is 9.76. The number of para-hydroxylation sites is 1. The van der Waals surface area contributed by atoms with Crippen molar-refractivity contribution in [1.82, 2.24) is 19.8 Å². The molecule has 2 heterocycles. The average molecular weight is 514 g/mol. The Balaban J connectivity index is 0.000000427. The maximum Gasteiger partial charge on any atom is 0.107 e. The molecule has 1 unspecified atom stereocenters. The maximum atomic E-state index is 9.76. The van der Waals surface area contributed by atoms with Crippen LogP contribution in [0.4, 0.5) is 5.69 Å². The molecule has 0 saturated heterocycles. The van der Waals surface area contributed by atoms with E-state index in [0.717, 1.165) is 25.7 Å². The molecule has 0 aliphatic heterocycles. The molecule has 4 rings (SSSR count). The fourth-order valence-electron chi connectivity index (χ4n) is 4.90. The van der Waals surface area contributed by atoms with Crippen molar-refractivity contribution in [3.05, 3.63) is 101 Å². The van der Waals surface area contributed by atoms with Crippen LogP contribution in [0.2, 0.25) is 0 Å². The van der Waals surface area contributed by atoms with Crippen LogP contribution in [0, 0.1) is 4.91 Å². The van der Waals surface area contributed by atoms with E-state index in [9.17, 15) is 4.91 Å². The number of pyridine rings is 1. The van der Waals surface area contributed by atoms with Crippen molar-refractivity contribution in [1.29, 1.82) is 0 Å². The van der Waals surface area contributed by atoms with E-state index < -0.39 is 0 Å². The van der Waals surface area contributed by atoms with Crippen LogP contribution in [0.1, 0.15) is 57.1 Å². The Morgan fingerprint density at radius 3 is 2.37 bits per heavy atom. The molecule has 2 aromatic carbocycles. The second-order valence-corrected chi connectivity index (χ2v) is 9.90. The first-order valence-corrected chi connectivity index (χ1v) is 13.9. The fraction of sp³-hybridized carbons (Fsp3) is 0.406. The number of nitroso groups, excluding NO2 is 1. The molecular formula is C32H43N5O. The molecule has 0 aliphatic carbocycles. The number of hydrogen-bond donors (Lipinski definition) is 1. The molecule has 0 saturated carbocycles. The largest absolute Gasteiger partial charge is 0.361 e. The third-order valence-electron chi connectivity index (χ3n) is 7.01. The number of nitrogens with zero attached hydrogens (tertiary/aromatic N) is 4. The molecule has 4 aromatic rings. The molecule has 2 aromatic heterocycles. The highest BCUT2D eigenvalue weighted by Crippen LogP contribution is 2.21. The van der Waals surface area contributed by atoms with E-state index in [-0.39, 0.29) is 0 Å². The Morgan fingerprint density at radius 2 is 1.68 bits per heavy atom. The zero-order chi connectivity index (χ0) is 27.0. The molecule has 0 bridgehead atoms. The van der Waals surface area contributed by atoms with Crippen molar-refractivity contribution in [3.63, 3.8) is 0 Å². The van der Waals surface area contributed by atoms with Crippen molar-refractivity contribution >= 4 is 16.6 Å². The highest BCUT2D eigenvalue weighted by molar-refractivity contribution is 5.82. The van der Waals surface area contributed by atoms with Gasteiger partial charge in [0.15, 0.2) is 0 Å². The monoisotopic (exact) mass is 513 g/mol. The molecule has 38 heavy (non-hydrogen) atoms. The average Bonchev–Trinajstić information content (AvgIpc) is 3.37. The molecule has 0 aliphatic rings. The van der Waals surface area contributed by atoms with Crippen molar-refractivity contribution in [3.8, 4) is 0 Å². The van der Waals surface area contributed by atoms with Gasteiger partial charge in [-0.2, -0.15) is 0 Å². The third kappa shape index (κ3) is 9.51. The molecule has 6 nitrogen and oxygen atoms in total. The first-order valence-electron chi connectivity index (χ1n) is 13.9. The second-order valence-electron chi connectivity index (χ2n) is 9.90. The van der Waals surface area contributed by atoms with Crippen LogP contribution < -0.4 is 0 Å². The minimum atomic E-state index is 0.479. The fourth-order valence-corrected chi connectivity index (χ4v) is 4.90. The predicted molar refractivity (Wildman–Crippen MR) is 159 cm³/mol. The van der Waals surface area contributed by atoms with Gasteiger partial charge in [0.05, 0.1) is 0 Å². The molecule has 0 amide bonds. The van der Waals surface area contributed by atoms with Gasteiger partial charge in [-0.1, -0.05) is 62.7 Å². The van der Waals surface area contributed by atoms with Crippen LogP contribution in [0.15, 0.2) is 90.5 Å². The Labute approximate surface area is 228 Å². The molecule has 0 radical (unpaired) electrons. The molecule has 6 heteroatoms. The zero-order valence-corrected chi connectivity index (χ0v) is 23.2. The summed E-state index contributed by atoms with van der Waals surface area (Å²) in [7, 11) is 2.29. The molecule has 1 atom stereocenters. The summed E-state index contributed by atoms with van der Waals surface area (Å²) in [6.45, 7) is 8.79. The predicted octanol–water partition coefficient (Wildman–Crippen LogP) is 7.94. The zero-order valence-electron chi connectivity index (χ0n) is 23.2. The summed E-state index contributed by atoms with van der Waals surface area (Å²) in [5.41, 5.74) is 4.36. The Bertz CT molecular complexity index is 1180. The summed E-state index contributed by atoms with van der Waals surface area (Å²) >= 11 is 0. The third-order valence-corrected chi connectivity index (χ3v) is 7.01. The number of fused-ring (bicyclic) bond motifs is 1. The lowest BCUT2D eigenvalue weighted by Crippen LogP contribution is -2.32. The molecular weight excluding hydrogens is 470 g/mol. The van der Waals surface area contributed by atoms with E-state index in [1.165, 1.54) is 60.7 Å². The number of aromatic amines is 1. The van der Waals surface area contributed by atoms with Crippen LogP contribution >= 0.6 is 0 Å². The van der Waals surface area contributed by atoms with Crippen LogP contribution in [0.25, 0.3) is 10.9 Å². The van der Waals surface area contributed by atoms with E-state index in [0.29, 0.717) is 5.69 Å². The van der Waals surface area contributed by atoms with Crippen molar-refractivity contribution in [2.45, 2.75) is 65.1 Å². The summed E-state index contributed by atoms with van der Waals surface area (Å²) in [5.74, 6) is 0. The lowest BCUT2D eigenvalue weighted by molar-refractivity contribution is 0.206. The minimum Gasteiger partial charge on any atom is -0.361 e. The van der Waals surface area contributed by atoms with Gasteiger partial charge < -0.3 is 9.88 Å². The van der Waals surface area contributed by atoms with E-state index in [2.05, 4.69) is 82.4 Å². The van der Waals surface area contributed by atoms with Gasteiger partial charge in [0.2, 0.25) is 0 Å². The Hall–Kier alpha value is -3.35. The second kappa shape index (κ2) is 16.5. The van der Waals surface area contributed by atoms with E-state index in [1.54, 1.807) is 24.3 Å². The number of nitrogens with one attached hydrogen (secondary N) is 1.